The highest BCUT2D eigenvalue weighted by atomic mass is 15.2. The van der Waals surface area contributed by atoms with E-state index < -0.39 is 6.98 Å². The molecule has 0 amide bonds. The van der Waals surface area contributed by atoms with Crippen LogP contribution in [-0.4, -0.2) is 18.7 Å². The highest BCUT2D eigenvalue weighted by molar-refractivity contribution is 6.10. The first-order valence-electron chi connectivity index (χ1n) is 17.9. The summed E-state index contributed by atoms with van der Waals surface area (Å²) >= 11 is 0. The molecule has 0 radical (unpaired) electrons. The van der Waals surface area contributed by atoms with Gasteiger partial charge >= 0.3 is 0 Å². The summed E-state index contributed by atoms with van der Waals surface area (Å²) in [6.45, 7) is -0.181. The summed E-state index contributed by atoms with van der Waals surface area (Å²) < 4.78 is 30.1. The smallest absolute Gasteiger partial charge is 0.191 e. The average molecular weight is 636 g/mol. The molecule has 0 spiro atoms. The van der Waals surface area contributed by atoms with E-state index in [4.69, 9.17) is 9.10 Å². The monoisotopic (exact) mass is 635 g/mol. The van der Waals surface area contributed by atoms with Gasteiger partial charge in [-0.1, -0.05) is 66.7 Å². The van der Waals surface area contributed by atoms with Gasteiger partial charge in [0.2, 0.25) is 0 Å². The number of rotatable bonds is 6. The van der Waals surface area contributed by atoms with Gasteiger partial charge in [0.05, 0.1) is 16.7 Å². The van der Waals surface area contributed by atoms with Crippen molar-refractivity contribution in [3.63, 3.8) is 0 Å². The van der Waals surface area contributed by atoms with Gasteiger partial charge in [0.25, 0.3) is 0 Å². The molecule has 234 valence electrons. The lowest BCUT2D eigenvalue weighted by Gasteiger charge is -2.25. The standard InChI is InChI=1S/C44H34N5/c1-31-13-6-7-18-37(31)32-25-26-45-44(27-32)49-40-20-9-8-19-38(40)39-24-23-36(29-43(39)49)48(33-14-4-3-5-15-33)35-17-12-16-34(28-35)47-30-46(2)41-21-10-11-22-42(41)47/h3-30H,1-2H3/q+1/i2D3. The summed E-state index contributed by atoms with van der Waals surface area (Å²) in [4.78, 5) is 7.16. The maximum atomic E-state index is 8.18. The van der Waals surface area contributed by atoms with Crippen molar-refractivity contribution in [2.24, 2.45) is 6.98 Å². The van der Waals surface area contributed by atoms with Gasteiger partial charge in [-0.15, -0.1) is 0 Å². The second-order valence-electron chi connectivity index (χ2n) is 12.3. The highest BCUT2D eigenvalue weighted by Gasteiger charge is 2.20. The Morgan fingerprint density at radius 3 is 2.16 bits per heavy atom. The first-order chi connectivity index (χ1) is 25.3. The van der Waals surface area contributed by atoms with Gasteiger partial charge in [-0.25, -0.2) is 9.55 Å². The molecular weight excluding hydrogens is 599 g/mol. The zero-order valence-electron chi connectivity index (χ0n) is 29.9. The van der Waals surface area contributed by atoms with Crippen molar-refractivity contribution in [3.05, 3.63) is 176 Å². The Bertz CT molecular complexity index is 2760. The van der Waals surface area contributed by atoms with Crippen LogP contribution in [0.25, 0.3) is 55.5 Å². The zero-order chi connectivity index (χ0) is 35.4. The second kappa shape index (κ2) is 11.7. The fourth-order valence-corrected chi connectivity index (χ4v) is 7.07. The van der Waals surface area contributed by atoms with Gasteiger partial charge in [0.15, 0.2) is 17.4 Å². The predicted octanol–water partition coefficient (Wildman–Crippen LogP) is 11.2. The molecule has 0 bridgehead atoms. The molecule has 0 aliphatic rings. The molecule has 49 heavy (non-hydrogen) atoms. The first-order valence-corrected chi connectivity index (χ1v) is 16.4. The van der Waals surface area contributed by atoms with Gasteiger partial charge in [0, 0.05) is 63.7 Å². The molecule has 6 aromatic carbocycles. The number of imidazole rings is 1. The number of anilines is 3. The van der Waals surface area contributed by atoms with Crippen molar-refractivity contribution in [3.8, 4) is 22.6 Å². The summed E-state index contributed by atoms with van der Waals surface area (Å²) in [6, 6.07) is 53.9. The number of fused-ring (bicyclic) bond motifs is 4. The molecule has 5 heteroatoms. The van der Waals surface area contributed by atoms with Crippen LogP contribution < -0.4 is 4.90 Å². The maximum absolute atomic E-state index is 8.18. The largest absolute Gasteiger partial charge is 0.309 e. The maximum Gasteiger partial charge on any atom is 0.191 e. The normalized spacial score (nSPS) is 12.6. The van der Waals surface area contributed by atoms with Gasteiger partial charge < -0.3 is 4.90 Å². The minimum atomic E-state index is -2.32. The molecule has 0 fully saturated rings. The number of hydrogen-bond donors (Lipinski definition) is 0. The zero-order valence-corrected chi connectivity index (χ0v) is 26.9. The molecule has 0 unspecified atom stereocenters. The molecule has 0 aliphatic carbocycles. The van der Waals surface area contributed by atoms with Crippen molar-refractivity contribution in [1.29, 1.82) is 0 Å². The lowest BCUT2D eigenvalue weighted by atomic mass is 10.0. The quantitative estimate of drug-likeness (QED) is 0.170. The topological polar surface area (TPSA) is 30.9 Å². The molecular formula is C44H34N5+. The molecule has 5 nitrogen and oxygen atoms in total. The van der Waals surface area contributed by atoms with Gasteiger partial charge in [0.1, 0.15) is 11.5 Å². The minimum absolute atomic E-state index is 0.645. The highest BCUT2D eigenvalue weighted by Crippen LogP contribution is 2.40. The van der Waals surface area contributed by atoms with Crippen LogP contribution in [0.1, 0.15) is 9.68 Å². The van der Waals surface area contributed by atoms with Crippen molar-refractivity contribution in [2.45, 2.75) is 6.92 Å². The van der Waals surface area contributed by atoms with Gasteiger partial charge in [-0.05, 0) is 90.3 Å². The number of aryl methyl sites for hydroxylation is 2. The van der Waals surface area contributed by atoms with E-state index in [1.54, 1.807) is 6.33 Å². The van der Waals surface area contributed by atoms with E-state index in [-0.39, 0.29) is 0 Å². The third-order valence-corrected chi connectivity index (χ3v) is 9.36. The van der Waals surface area contributed by atoms with E-state index in [0.29, 0.717) is 5.52 Å². The summed E-state index contributed by atoms with van der Waals surface area (Å²) in [5, 5.41) is 2.29. The molecule has 0 N–H and O–H groups in total. The average Bonchev–Trinajstić information content (AvgIpc) is 3.73. The Labute approximate surface area is 289 Å². The first kappa shape index (κ1) is 25.6. The van der Waals surface area contributed by atoms with E-state index in [1.807, 2.05) is 65.4 Å². The Hall–Kier alpha value is -6.46. The molecule has 0 saturated heterocycles. The summed E-state index contributed by atoms with van der Waals surface area (Å²) in [7, 11) is 0. The lowest BCUT2D eigenvalue weighted by molar-refractivity contribution is 0.911. The van der Waals surface area contributed by atoms with Gasteiger partial charge in [-0.2, -0.15) is 4.57 Å². The number of aromatic nitrogens is 4. The molecule has 0 atom stereocenters. The summed E-state index contributed by atoms with van der Waals surface area (Å²) in [6.07, 6.45) is 3.57. The summed E-state index contributed by atoms with van der Waals surface area (Å²) in [5.41, 5.74) is 10.9. The molecule has 9 rings (SSSR count). The third kappa shape index (κ3) is 4.86. The minimum Gasteiger partial charge on any atom is -0.309 e. The lowest BCUT2D eigenvalue weighted by Crippen LogP contribution is -2.10. The van der Waals surface area contributed by atoms with Crippen molar-refractivity contribution in [1.82, 2.24) is 18.7 Å². The SMILES string of the molecule is [2H]C([2H])([2H])n1[cH+]n(-c2cccc(N(c3ccccc3)c3ccc4c5ccccc5n(-c5cc(-c6ccccc6C)ccn5)c4c3)c2)c2ccccc21. The van der Waals surface area contributed by atoms with E-state index in [0.717, 1.165) is 61.5 Å². The number of hydrogen-bond acceptors (Lipinski definition) is 2. The number of nitrogens with zero attached hydrogens (tertiary/aromatic N) is 5. The van der Waals surface area contributed by atoms with E-state index in [1.165, 1.54) is 15.7 Å². The van der Waals surface area contributed by atoms with Crippen LogP contribution in [-0.2, 0) is 6.98 Å². The van der Waals surface area contributed by atoms with E-state index in [9.17, 15) is 0 Å². The van der Waals surface area contributed by atoms with Crippen molar-refractivity contribution < 1.29 is 4.11 Å². The van der Waals surface area contributed by atoms with E-state index >= 15 is 0 Å². The Kier molecular flexibility index (Phi) is 6.09. The van der Waals surface area contributed by atoms with Crippen LogP contribution in [0.15, 0.2) is 170 Å². The van der Waals surface area contributed by atoms with Crippen LogP contribution in [0.4, 0.5) is 17.1 Å². The fraction of sp³-hybridized carbons (Fsp3) is 0.0455. The van der Waals surface area contributed by atoms with Gasteiger partial charge in [-0.3, -0.25) is 4.57 Å². The molecule has 0 aliphatic heterocycles. The molecule has 3 heterocycles. The Balaban J connectivity index is 1.24. The second-order valence-corrected chi connectivity index (χ2v) is 12.3. The van der Waals surface area contributed by atoms with Crippen molar-refractivity contribution >= 4 is 49.9 Å². The van der Waals surface area contributed by atoms with Crippen molar-refractivity contribution in [2.75, 3.05) is 4.90 Å². The van der Waals surface area contributed by atoms with Crippen LogP contribution in [0.3, 0.4) is 0 Å². The number of pyridine rings is 1. The Morgan fingerprint density at radius 2 is 1.31 bits per heavy atom. The Morgan fingerprint density at radius 1 is 0.592 bits per heavy atom. The van der Waals surface area contributed by atoms with E-state index in [2.05, 4.69) is 120 Å². The number of para-hydroxylation sites is 4. The molecule has 9 aromatic rings. The molecule has 3 aromatic heterocycles. The van der Waals surface area contributed by atoms with Crippen LogP contribution >= 0.6 is 0 Å². The fourth-order valence-electron chi connectivity index (χ4n) is 7.07. The van der Waals surface area contributed by atoms with Crippen LogP contribution in [0, 0.1) is 6.92 Å². The van der Waals surface area contributed by atoms with Crippen LogP contribution in [0.2, 0.25) is 0 Å². The number of benzene rings is 6. The third-order valence-electron chi connectivity index (χ3n) is 9.36. The van der Waals surface area contributed by atoms with Crippen LogP contribution in [0.5, 0.6) is 0 Å². The predicted molar refractivity (Wildman–Crippen MR) is 204 cm³/mol. The molecule has 0 saturated carbocycles. The summed E-state index contributed by atoms with van der Waals surface area (Å²) in [5.74, 6) is 0.847.